The lowest BCUT2D eigenvalue weighted by molar-refractivity contribution is -0.132. The van der Waals surface area contributed by atoms with E-state index >= 15 is 0 Å². The summed E-state index contributed by atoms with van der Waals surface area (Å²) in [4.78, 5) is 13.9. The molecule has 0 spiro atoms. The molecule has 1 aromatic rings. The van der Waals surface area contributed by atoms with Gasteiger partial charge in [0.15, 0.2) is 0 Å². The van der Waals surface area contributed by atoms with Crippen molar-refractivity contribution in [3.8, 4) is 0 Å². The molecule has 94 valence electrons. The van der Waals surface area contributed by atoms with Gasteiger partial charge in [-0.15, -0.1) is 5.10 Å². The van der Waals surface area contributed by atoms with E-state index in [2.05, 4.69) is 17.2 Å². The summed E-state index contributed by atoms with van der Waals surface area (Å²) in [5, 5.41) is 7.83. The molecule has 1 aliphatic heterocycles. The quantitative estimate of drug-likeness (QED) is 0.763. The molecule has 0 bridgehead atoms. The molecule has 1 aromatic heterocycles. The van der Waals surface area contributed by atoms with Gasteiger partial charge in [-0.05, 0) is 19.8 Å². The van der Waals surface area contributed by atoms with Crippen molar-refractivity contribution in [1.82, 2.24) is 19.9 Å². The molecule has 1 unspecified atom stereocenters. The minimum absolute atomic E-state index is 0.115. The lowest BCUT2D eigenvalue weighted by atomic mass is 10.2. The van der Waals surface area contributed by atoms with Crippen LogP contribution in [-0.2, 0) is 22.7 Å². The van der Waals surface area contributed by atoms with E-state index in [4.69, 9.17) is 4.74 Å². The second-order valence-electron chi connectivity index (χ2n) is 4.42. The maximum atomic E-state index is 12.0. The fraction of sp³-hybridized carbons (Fsp3) is 0.727. The number of methoxy groups -OCH3 is 1. The fourth-order valence-corrected chi connectivity index (χ4v) is 2.16. The molecule has 6 heteroatoms. The molecule has 1 amide bonds. The Morgan fingerprint density at radius 1 is 1.65 bits per heavy atom. The number of carbonyl (C=O) groups is 1. The van der Waals surface area contributed by atoms with Crippen LogP contribution in [0.1, 0.15) is 25.5 Å². The predicted molar refractivity (Wildman–Crippen MR) is 61.1 cm³/mol. The van der Waals surface area contributed by atoms with Gasteiger partial charge in [-0.3, -0.25) is 4.79 Å². The van der Waals surface area contributed by atoms with Crippen LogP contribution in [-0.4, -0.2) is 45.5 Å². The number of likely N-dealkylation sites (tertiary alicyclic amines) is 1. The van der Waals surface area contributed by atoms with Crippen LogP contribution in [0.2, 0.25) is 0 Å². The smallest absolute Gasteiger partial charge is 0.244 e. The number of rotatable bonds is 4. The van der Waals surface area contributed by atoms with E-state index < -0.39 is 0 Å². The molecule has 0 radical (unpaired) electrons. The highest BCUT2D eigenvalue weighted by Gasteiger charge is 2.25. The summed E-state index contributed by atoms with van der Waals surface area (Å²) in [5.41, 5.74) is 0.745. The van der Waals surface area contributed by atoms with E-state index in [0.29, 0.717) is 12.6 Å². The van der Waals surface area contributed by atoms with Gasteiger partial charge in [0.25, 0.3) is 0 Å². The second kappa shape index (κ2) is 5.27. The van der Waals surface area contributed by atoms with Crippen LogP contribution in [0.15, 0.2) is 6.20 Å². The Balaban J connectivity index is 1.93. The van der Waals surface area contributed by atoms with Crippen molar-refractivity contribution < 1.29 is 9.53 Å². The SMILES string of the molecule is COCc1cn(CC(=O)N2CCCC2C)nn1. The molecule has 0 saturated carbocycles. The first-order valence-corrected chi connectivity index (χ1v) is 5.88. The minimum Gasteiger partial charge on any atom is -0.378 e. The van der Waals surface area contributed by atoms with Crippen LogP contribution < -0.4 is 0 Å². The zero-order chi connectivity index (χ0) is 12.3. The molecule has 0 aromatic carbocycles. The topological polar surface area (TPSA) is 60.2 Å². The number of hydrogen-bond acceptors (Lipinski definition) is 4. The Hall–Kier alpha value is -1.43. The van der Waals surface area contributed by atoms with Crippen LogP contribution in [0.4, 0.5) is 0 Å². The highest BCUT2D eigenvalue weighted by Crippen LogP contribution is 2.16. The zero-order valence-corrected chi connectivity index (χ0v) is 10.3. The van der Waals surface area contributed by atoms with Gasteiger partial charge >= 0.3 is 0 Å². The third-order valence-corrected chi connectivity index (χ3v) is 3.05. The van der Waals surface area contributed by atoms with E-state index in [0.717, 1.165) is 25.1 Å². The Morgan fingerprint density at radius 3 is 3.12 bits per heavy atom. The first kappa shape index (κ1) is 12.0. The molecule has 2 heterocycles. The first-order chi connectivity index (χ1) is 8.20. The van der Waals surface area contributed by atoms with Gasteiger partial charge in [0.05, 0.1) is 12.8 Å². The van der Waals surface area contributed by atoms with Gasteiger partial charge in [0.1, 0.15) is 12.2 Å². The van der Waals surface area contributed by atoms with Crippen LogP contribution in [0.5, 0.6) is 0 Å². The van der Waals surface area contributed by atoms with Crippen molar-refractivity contribution in [3.05, 3.63) is 11.9 Å². The monoisotopic (exact) mass is 238 g/mol. The maximum absolute atomic E-state index is 12.0. The molecule has 2 rings (SSSR count). The average molecular weight is 238 g/mol. The van der Waals surface area contributed by atoms with Crippen LogP contribution in [0.25, 0.3) is 0 Å². The molecule has 6 nitrogen and oxygen atoms in total. The van der Waals surface area contributed by atoms with Gasteiger partial charge < -0.3 is 9.64 Å². The number of nitrogens with zero attached hydrogens (tertiary/aromatic N) is 4. The van der Waals surface area contributed by atoms with Crippen molar-refractivity contribution in [2.45, 2.75) is 39.0 Å². The highest BCUT2D eigenvalue weighted by atomic mass is 16.5. The maximum Gasteiger partial charge on any atom is 0.244 e. The number of hydrogen-bond donors (Lipinski definition) is 0. The fourth-order valence-electron chi connectivity index (χ4n) is 2.16. The molecule has 17 heavy (non-hydrogen) atoms. The minimum atomic E-state index is 0.115. The third kappa shape index (κ3) is 2.82. The van der Waals surface area contributed by atoms with Crippen LogP contribution in [0, 0.1) is 0 Å². The van der Waals surface area contributed by atoms with E-state index in [9.17, 15) is 4.79 Å². The number of amides is 1. The number of carbonyl (C=O) groups excluding carboxylic acids is 1. The molecule has 1 aliphatic rings. The molecular weight excluding hydrogens is 220 g/mol. The van der Waals surface area contributed by atoms with Gasteiger partial charge in [0, 0.05) is 19.7 Å². The van der Waals surface area contributed by atoms with Crippen molar-refractivity contribution in [1.29, 1.82) is 0 Å². The Kier molecular flexibility index (Phi) is 3.73. The average Bonchev–Trinajstić information content (AvgIpc) is 2.88. The van der Waals surface area contributed by atoms with Gasteiger partial charge in [0.2, 0.25) is 5.91 Å². The third-order valence-electron chi connectivity index (χ3n) is 3.05. The molecule has 0 N–H and O–H groups in total. The van der Waals surface area contributed by atoms with Gasteiger partial charge in [-0.2, -0.15) is 0 Å². The lowest BCUT2D eigenvalue weighted by Gasteiger charge is -2.20. The van der Waals surface area contributed by atoms with E-state index in [1.54, 1.807) is 18.0 Å². The Morgan fingerprint density at radius 2 is 2.47 bits per heavy atom. The van der Waals surface area contributed by atoms with Crippen molar-refractivity contribution in [3.63, 3.8) is 0 Å². The summed E-state index contributed by atoms with van der Waals surface area (Å²) in [6.07, 6.45) is 3.94. The molecular formula is C11H18N4O2. The lowest BCUT2D eigenvalue weighted by Crippen LogP contribution is -2.36. The largest absolute Gasteiger partial charge is 0.378 e. The molecule has 1 atom stereocenters. The van der Waals surface area contributed by atoms with Crippen LogP contribution >= 0.6 is 0 Å². The Bertz CT molecular complexity index is 391. The second-order valence-corrected chi connectivity index (χ2v) is 4.42. The summed E-state index contributed by atoms with van der Waals surface area (Å²) >= 11 is 0. The van der Waals surface area contributed by atoms with Gasteiger partial charge in [-0.25, -0.2) is 4.68 Å². The number of aromatic nitrogens is 3. The number of ether oxygens (including phenoxy) is 1. The van der Waals surface area contributed by atoms with E-state index in [1.807, 2.05) is 4.90 Å². The van der Waals surface area contributed by atoms with Crippen molar-refractivity contribution in [2.24, 2.45) is 0 Å². The van der Waals surface area contributed by atoms with E-state index in [-0.39, 0.29) is 12.5 Å². The summed E-state index contributed by atoms with van der Waals surface area (Å²) in [6, 6.07) is 0.351. The predicted octanol–water partition coefficient (Wildman–Crippen LogP) is 0.435. The normalized spacial score (nSPS) is 19.9. The summed E-state index contributed by atoms with van der Waals surface area (Å²) in [5.74, 6) is 0.115. The Labute approximate surface area is 101 Å². The highest BCUT2D eigenvalue weighted by molar-refractivity contribution is 5.76. The zero-order valence-electron chi connectivity index (χ0n) is 10.3. The van der Waals surface area contributed by atoms with Gasteiger partial charge in [-0.1, -0.05) is 5.21 Å². The molecule has 1 saturated heterocycles. The molecule has 1 fully saturated rings. The first-order valence-electron chi connectivity index (χ1n) is 5.88. The van der Waals surface area contributed by atoms with Crippen molar-refractivity contribution in [2.75, 3.05) is 13.7 Å². The van der Waals surface area contributed by atoms with Crippen LogP contribution in [0.3, 0.4) is 0 Å². The summed E-state index contributed by atoms with van der Waals surface area (Å²) in [6.45, 7) is 3.64. The molecule has 0 aliphatic carbocycles. The standard InChI is InChI=1S/C11H18N4O2/c1-9-4-3-5-15(9)11(16)7-14-6-10(8-17-2)12-13-14/h6,9H,3-5,7-8H2,1-2H3. The summed E-state index contributed by atoms with van der Waals surface area (Å²) < 4.78 is 6.52. The van der Waals surface area contributed by atoms with Crippen molar-refractivity contribution >= 4 is 5.91 Å². The van der Waals surface area contributed by atoms with E-state index in [1.165, 1.54) is 0 Å². The summed E-state index contributed by atoms with van der Waals surface area (Å²) in [7, 11) is 1.61.